The molecule has 0 aromatic heterocycles. The summed E-state index contributed by atoms with van der Waals surface area (Å²) in [4.78, 5) is 0. The second-order valence-electron chi connectivity index (χ2n) is 3.87. The molecule has 1 aromatic rings. The van der Waals surface area contributed by atoms with Gasteiger partial charge in [0, 0.05) is 6.54 Å². The van der Waals surface area contributed by atoms with E-state index in [1.165, 1.54) is 0 Å². The normalized spacial score (nSPS) is 13.1. The van der Waals surface area contributed by atoms with Crippen molar-refractivity contribution in [3.63, 3.8) is 0 Å². The highest BCUT2D eigenvalue weighted by Gasteiger charge is 2.08. The topological polar surface area (TPSA) is 65.3 Å². The number of hydrogen-bond donors (Lipinski definition) is 2. The molecule has 0 heterocycles. The average molecular weight is 244 g/mol. The fourth-order valence-electron chi connectivity index (χ4n) is 1.30. The van der Waals surface area contributed by atoms with Crippen LogP contribution in [0.3, 0.4) is 0 Å². The van der Waals surface area contributed by atoms with E-state index in [-0.39, 0.29) is 12.6 Å². The van der Waals surface area contributed by atoms with Crippen molar-refractivity contribution < 1.29 is 9.84 Å². The standard InChI is InChI=1S/C14H16N2O2/c1-3-11(2)16-9-13(17)10-18-14-7-5-4-6-12(14)8-15/h1,4-7,11,13,16-17H,9-10H2,2H3. The van der Waals surface area contributed by atoms with Gasteiger partial charge in [0.15, 0.2) is 0 Å². The van der Waals surface area contributed by atoms with Crippen LogP contribution in [0.4, 0.5) is 0 Å². The number of terminal acetylenes is 1. The number of nitrogens with zero attached hydrogens (tertiary/aromatic N) is 1. The first-order valence-electron chi connectivity index (χ1n) is 5.67. The van der Waals surface area contributed by atoms with Crippen LogP contribution in [0.15, 0.2) is 24.3 Å². The van der Waals surface area contributed by atoms with Crippen LogP contribution in [0, 0.1) is 23.7 Å². The number of hydrogen-bond acceptors (Lipinski definition) is 4. The van der Waals surface area contributed by atoms with E-state index in [1.807, 2.05) is 13.0 Å². The van der Waals surface area contributed by atoms with Crippen molar-refractivity contribution in [2.24, 2.45) is 0 Å². The highest BCUT2D eigenvalue weighted by molar-refractivity contribution is 5.42. The molecule has 2 N–H and O–H groups in total. The van der Waals surface area contributed by atoms with Crippen LogP contribution < -0.4 is 10.1 Å². The van der Waals surface area contributed by atoms with Gasteiger partial charge in [0.05, 0.1) is 11.6 Å². The largest absolute Gasteiger partial charge is 0.489 e. The highest BCUT2D eigenvalue weighted by atomic mass is 16.5. The summed E-state index contributed by atoms with van der Waals surface area (Å²) in [7, 11) is 0. The van der Waals surface area contributed by atoms with E-state index in [9.17, 15) is 5.11 Å². The summed E-state index contributed by atoms with van der Waals surface area (Å²) in [5.41, 5.74) is 0.453. The van der Waals surface area contributed by atoms with E-state index in [0.717, 1.165) is 0 Å². The predicted molar refractivity (Wildman–Crippen MR) is 69.0 cm³/mol. The zero-order chi connectivity index (χ0) is 13.4. The van der Waals surface area contributed by atoms with Gasteiger partial charge >= 0.3 is 0 Å². The second kappa shape index (κ2) is 7.34. The fourth-order valence-corrected chi connectivity index (χ4v) is 1.30. The Bertz CT molecular complexity index is 460. The Morgan fingerprint density at radius 3 is 2.89 bits per heavy atom. The van der Waals surface area contributed by atoms with Crippen LogP contribution in [0.2, 0.25) is 0 Å². The van der Waals surface area contributed by atoms with Crippen molar-refractivity contribution in [3.8, 4) is 24.2 Å². The molecule has 0 spiro atoms. The van der Waals surface area contributed by atoms with Gasteiger partial charge in [-0.1, -0.05) is 18.1 Å². The van der Waals surface area contributed by atoms with Gasteiger partial charge in [0.2, 0.25) is 0 Å². The number of rotatable bonds is 6. The molecule has 18 heavy (non-hydrogen) atoms. The molecule has 0 bridgehead atoms. The van der Waals surface area contributed by atoms with E-state index in [2.05, 4.69) is 11.2 Å². The zero-order valence-electron chi connectivity index (χ0n) is 10.3. The fraction of sp³-hybridized carbons (Fsp3) is 0.357. The van der Waals surface area contributed by atoms with E-state index in [0.29, 0.717) is 17.9 Å². The van der Waals surface area contributed by atoms with Crippen molar-refractivity contribution in [1.29, 1.82) is 5.26 Å². The van der Waals surface area contributed by atoms with Crippen molar-refractivity contribution in [2.75, 3.05) is 13.2 Å². The van der Waals surface area contributed by atoms with E-state index in [4.69, 9.17) is 16.4 Å². The molecule has 2 atom stereocenters. The molecule has 0 aliphatic rings. The third-order valence-electron chi connectivity index (χ3n) is 2.35. The van der Waals surface area contributed by atoms with Crippen molar-refractivity contribution >= 4 is 0 Å². The minimum atomic E-state index is -0.674. The molecular formula is C14H16N2O2. The molecule has 0 amide bonds. The summed E-state index contributed by atoms with van der Waals surface area (Å²) in [6.07, 6.45) is 4.53. The summed E-state index contributed by atoms with van der Waals surface area (Å²) < 4.78 is 5.39. The predicted octanol–water partition coefficient (Wildman–Crippen LogP) is 0.909. The van der Waals surface area contributed by atoms with Gasteiger partial charge < -0.3 is 15.2 Å². The second-order valence-corrected chi connectivity index (χ2v) is 3.87. The van der Waals surface area contributed by atoms with Crippen LogP contribution in [0.1, 0.15) is 12.5 Å². The van der Waals surface area contributed by atoms with Gasteiger partial charge in [-0.05, 0) is 19.1 Å². The molecule has 94 valence electrons. The van der Waals surface area contributed by atoms with Gasteiger partial charge in [0.25, 0.3) is 0 Å². The molecule has 4 nitrogen and oxygen atoms in total. The lowest BCUT2D eigenvalue weighted by Crippen LogP contribution is -2.35. The third-order valence-corrected chi connectivity index (χ3v) is 2.35. The zero-order valence-corrected chi connectivity index (χ0v) is 10.3. The Labute approximate surface area is 107 Å². The first kappa shape index (κ1) is 14.1. The summed E-state index contributed by atoms with van der Waals surface area (Å²) >= 11 is 0. The molecule has 4 heteroatoms. The monoisotopic (exact) mass is 244 g/mol. The number of nitriles is 1. The summed E-state index contributed by atoms with van der Waals surface area (Å²) in [6, 6.07) is 8.84. The van der Waals surface area contributed by atoms with Crippen molar-refractivity contribution in [1.82, 2.24) is 5.32 Å². The SMILES string of the molecule is C#CC(C)NCC(O)COc1ccccc1C#N. The summed E-state index contributed by atoms with van der Waals surface area (Å²) in [5.74, 6) is 2.98. The van der Waals surface area contributed by atoms with E-state index < -0.39 is 6.10 Å². The Hall–Kier alpha value is -2.01. The first-order valence-corrected chi connectivity index (χ1v) is 5.67. The number of aliphatic hydroxyl groups is 1. The lowest BCUT2D eigenvalue weighted by Gasteiger charge is -2.15. The third kappa shape index (κ3) is 4.47. The first-order chi connectivity index (χ1) is 8.67. The Morgan fingerprint density at radius 2 is 2.22 bits per heavy atom. The molecule has 0 aliphatic carbocycles. The molecule has 1 rings (SSSR count). The van der Waals surface area contributed by atoms with Gasteiger partial charge in [-0.2, -0.15) is 5.26 Å². The maximum Gasteiger partial charge on any atom is 0.137 e. The minimum Gasteiger partial charge on any atom is -0.489 e. The molecule has 0 saturated heterocycles. The molecule has 1 aromatic carbocycles. The van der Waals surface area contributed by atoms with E-state index >= 15 is 0 Å². The van der Waals surface area contributed by atoms with E-state index in [1.54, 1.807) is 24.3 Å². The smallest absolute Gasteiger partial charge is 0.137 e. The molecule has 2 unspecified atom stereocenters. The maximum absolute atomic E-state index is 9.68. The quantitative estimate of drug-likeness (QED) is 0.730. The maximum atomic E-state index is 9.68. The van der Waals surface area contributed by atoms with Crippen LogP contribution in [0.5, 0.6) is 5.75 Å². The summed E-state index contributed by atoms with van der Waals surface area (Å²) in [6.45, 7) is 2.29. The lowest BCUT2D eigenvalue weighted by molar-refractivity contribution is 0.105. The number of benzene rings is 1. The molecule has 0 aliphatic heterocycles. The van der Waals surface area contributed by atoms with Crippen LogP contribution in [-0.4, -0.2) is 30.4 Å². The molecular weight excluding hydrogens is 228 g/mol. The van der Waals surface area contributed by atoms with Crippen LogP contribution in [-0.2, 0) is 0 Å². The van der Waals surface area contributed by atoms with Gasteiger partial charge in [-0.3, -0.25) is 0 Å². The van der Waals surface area contributed by atoms with Crippen LogP contribution >= 0.6 is 0 Å². The molecule has 0 radical (unpaired) electrons. The van der Waals surface area contributed by atoms with Crippen molar-refractivity contribution in [2.45, 2.75) is 19.1 Å². The van der Waals surface area contributed by atoms with Gasteiger partial charge in [-0.25, -0.2) is 0 Å². The highest BCUT2D eigenvalue weighted by Crippen LogP contribution is 2.16. The summed E-state index contributed by atoms with van der Waals surface area (Å²) in [5, 5.41) is 21.5. The number of aliphatic hydroxyl groups excluding tert-OH is 1. The lowest BCUT2D eigenvalue weighted by atomic mass is 10.2. The number of nitrogens with one attached hydrogen (secondary N) is 1. The number of ether oxygens (including phenoxy) is 1. The Morgan fingerprint density at radius 1 is 1.50 bits per heavy atom. The van der Waals surface area contributed by atoms with Gasteiger partial charge in [-0.15, -0.1) is 6.42 Å². The Kier molecular flexibility index (Phi) is 5.73. The number of para-hydroxylation sites is 1. The molecule has 0 fully saturated rings. The van der Waals surface area contributed by atoms with Crippen molar-refractivity contribution in [3.05, 3.63) is 29.8 Å². The molecule has 0 saturated carbocycles. The minimum absolute atomic E-state index is 0.0916. The van der Waals surface area contributed by atoms with Crippen LogP contribution in [0.25, 0.3) is 0 Å². The average Bonchev–Trinajstić information content (AvgIpc) is 2.42. The van der Waals surface area contributed by atoms with Gasteiger partial charge in [0.1, 0.15) is 24.5 Å². The Balaban J connectivity index is 2.41.